The van der Waals surface area contributed by atoms with E-state index in [-0.39, 0.29) is 5.54 Å². The van der Waals surface area contributed by atoms with E-state index in [1.165, 1.54) is 25.7 Å². The highest BCUT2D eigenvalue weighted by Gasteiger charge is 2.51. The van der Waals surface area contributed by atoms with E-state index in [1.54, 1.807) is 19.3 Å². The molecule has 0 amide bonds. The summed E-state index contributed by atoms with van der Waals surface area (Å²) in [6.07, 6.45) is 11.6. The Kier molecular flexibility index (Phi) is 2.41. The average molecular weight is 221 g/mol. The summed E-state index contributed by atoms with van der Waals surface area (Å²) in [5.74, 6) is 3.21. The molecule has 1 heteroatoms. The largest absolute Gasteiger partial charge is 0.325 e. The summed E-state index contributed by atoms with van der Waals surface area (Å²) < 4.78 is 0. The molecule has 0 aromatic heterocycles. The van der Waals surface area contributed by atoms with E-state index in [1.807, 2.05) is 0 Å². The zero-order valence-electron chi connectivity index (χ0n) is 11.0. The molecule has 0 aliphatic heterocycles. The Morgan fingerprint density at radius 1 is 1.06 bits per heavy atom. The Balaban J connectivity index is 1.78. The third-order valence-electron chi connectivity index (χ3n) is 5.75. The van der Waals surface area contributed by atoms with Gasteiger partial charge in [-0.15, -0.1) is 0 Å². The van der Waals surface area contributed by atoms with Crippen LogP contribution in [0, 0.1) is 23.2 Å². The molecule has 0 aromatic rings. The molecular weight excluding hydrogens is 194 g/mol. The standard InChI is InChI=1S/C15H27N/c1-3-14(2,16)10-15-7-11-4-12(8-15)6-13(5-11)9-15/h11-13H,3-10,16H2,1-2H3. The Morgan fingerprint density at radius 3 is 1.88 bits per heavy atom. The minimum Gasteiger partial charge on any atom is -0.325 e. The summed E-state index contributed by atoms with van der Waals surface area (Å²) in [6.45, 7) is 4.52. The van der Waals surface area contributed by atoms with Crippen molar-refractivity contribution in [3.05, 3.63) is 0 Å². The molecule has 4 fully saturated rings. The first-order chi connectivity index (χ1) is 7.50. The highest BCUT2D eigenvalue weighted by molar-refractivity contribution is 5.04. The van der Waals surface area contributed by atoms with Crippen LogP contribution in [0.15, 0.2) is 0 Å². The fraction of sp³-hybridized carbons (Fsp3) is 1.00. The van der Waals surface area contributed by atoms with Gasteiger partial charge in [0.1, 0.15) is 0 Å². The van der Waals surface area contributed by atoms with Crippen molar-refractivity contribution in [3.63, 3.8) is 0 Å². The first-order valence-corrected chi connectivity index (χ1v) is 7.29. The lowest BCUT2D eigenvalue weighted by Gasteiger charge is -2.58. The molecule has 1 nitrogen and oxygen atoms in total. The minimum atomic E-state index is 0.0890. The van der Waals surface area contributed by atoms with Crippen molar-refractivity contribution in [2.45, 2.75) is 70.8 Å². The van der Waals surface area contributed by atoms with Crippen LogP contribution in [0.4, 0.5) is 0 Å². The summed E-state index contributed by atoms with van der Waals surface area (Å²) in [5.41, 5.74) is 7.19. The lowest BCUT2D eigenvalue weighted by atomic mass is 9.47. The van der Waals surface area contributed by atoms with Crippen LogP contribution < -0.4 is 5.73 Å². The molecular formula is C15H27N. The maximum absolute atomic E-state index is 6.44. The summed E-state index contributed by atoms with van der Waals surface area (Å²) in [7, 11) is 0. The normalized spacial score (nSPS) is 49.3. The van der Waals surface area contributed by atoms with Gasteiger partial charge in [-0.2, -0.15) is 0 Å². The number of rotatable bonds is 3. The van der Waals surface area contributed by atoms with Crippen molar-refractivity contribution in [1.29, 1.82) is 0 Å². The van der Waals surface area contributed by atoms with Crippen LogP contribution in [-0.4, -0.2) is 5.54 Å². The van der Waals surface area contributed by atoms with Gasteiger partial charge in [0.15, 0.2) is 0 Å². The molecule has 0 spiro atoms. The number of hydrogen-bond acceptors (Lipinski definition) is 1. The summed E-state index contributed by atoms with van der Waals surface area (Å²) >= 11 is 0. The van der Waals surface area contributed by atoms with Gasteiger partial charge < -0.3 is 5.73 Å². The van der Waals surface area contributed by atoms with Crippen LogP contribution in [0.5, 0.6) is 0 Å². The lowest BCUT2D eigenvalue weighted by molar-refractivity contribution is -0.0671. The first kappa shape index (κ1) is 11.1. The SMILES string of the molecule is CCC(C)(N)CC12CC3CC(CC(C3)C1)C2. The van der Waals surface area contributed by atoms with Gasteiger partial charge in [0.05, 0.1) is 0 Å². The van der Waals surface area contributed by atoms with Gasteiger partial charge in [0, 0.05) is 5.54 Å². The molecule has 92 valence electrons. The lowest BCUT2D eigenvalue weighted by Crippen LogP contribution is -2.51. The van der Waals surface area contributed by atoms with Crippen LogP contribution >= 0.6 is 0 Å². The third-order valence-corrected chi connectivity index (χ3v) is 5.75. The summed E-state index contributed by atoms with van der Waals surface area (Å²) in [4.78, 5) is 0. The van der Waals surface area contributed by atoms with Crippen LogP contribution in [0.3, 0.4) is 0 Å². The van der Waals surface area contributed by atoms with Crippen molar-refractivity contribution in [1.82, 2.24) is 0 Å². The minimum absolute atomic E-state index is 0.0890. The fourth-order valence-corrected chi connectivity index (χ4v) is 5.49. The smallest absolute Gasteiger partial charge is 0.0128 e. The zero-order valence-corrected chi connectivity index (χ0v) is 11.0. The van der Waals surface area contributed by atoms with Gasteiger partial charge in [0.2, 0.25) is 0 Å². The molecule has 0 radical (unpaired) electrons. The highest BCUT2D eigenvalue weighted by atomic mass is 14.7. The average Bonchev–Trinajstić information content (AvgIpc) is 2.13. The predicted octanol–water partition coefficient (Wildman–Crippen LogP) is 3.72. The molecule has 1 unspecified atom stereocenters. The van der Waals surface area contributed by atoms with Crippen LogP contribution in [0.25, 0.3) is 0 Å². The summed E-state index contributed by atoms with van der Waals surface area (Å²) in [5, 5.41) is 0. The second-order valence-electron chi connectivity index (χ2n) is 7.60. The van der Waals surface area contributed by atoms with E-state index in [9.17, 15) is 0 Å². The van der Waals surface area contributed by atoms with E-state index in [0.717, 1.165) is 24.2 Å². The quantitative estimate of drug-likeness (QED) is 0.772. The van der Waals surface area contributed by atoms with Crippen LogP contribution in [-0.2, 0) is 0 Å². The van der Waals surface area contributed by atoms with Gasteiger partial charge in [-0.05, 0) is 81.5 Å². The molecule has 4 aliphatic rings. The number of hydrogen-bond donors (Lipinski definition) is 1. The Morgan fingerprint density at radius 2 is 1.50 bits per heavy atom. The van der Waals surface area contributed by atoms with Crippen molar-refractivity contribution in [3.8, 4) is 0 Å². The van der Waals surface area contributed by atoms with E-state index < -0.39 is 0 Å². The van der Waals surface area contributed by atoms with Gasteiger partial charge in [-0.3, -0.25) is 0 Å². The van der Waals surface area contributed by atoms with E-state index in [2.05, 4.69) is 13.8 Å². The Labute approximate surface area is 100 Å². The third kappa shape index (κ3) is 1.81. The van der Waals surface area contributed by atoms with Crippen molar-refractivity contribution >= 4 is 0 Å². The highest BCUT2D eigenvalue weighted by Crippen LogP contribution is 2.62. The van der Waals surface area contributed by atoms with E-state index in [0.29, 0.717) is 5.41 Å². The fourth-order valence-electron chi connectivity index (χ4n) is 5.49. The first-order valence-electron chi connectivity index (χ1n) is 7.29. The molecule has 4 bridgehead atoms. The van der Waals surface area contributed by atoms with Crippen molar-refractivity contribution in [2.75, 3.05) is 0 Å². The molecule has 2 N–H and O–H groups in total. The number of nitrogens with two attached hydrogens (primary N) is 1. The van der Waals surface area contributed by atoms with E-state index in [4.69, 9.17) is 5.73 Å². The Hall–Kier alpha value is -0.0400. The molecule has 4 aliphatic carbocycles. The molecule has 1 atom stereocenters. The molecule has 0 aromatic carbocycles. The second kappa shape index (κ2) is 3.48. The van der Waals surface area contributed by atoms with Crippen LogP contribution in [0.1, 0.15) is 65.2 Å². The zero-order chi connectivity index (χ0) is 11.4. The second-order valence-corrected chi connectivity index (χ2v) is 7.60. The van der Waals surface area contributed by atoms with Crippen LogP contribution in [0.2, 0.25) is 0 Å². The van der Waals surface area contributed by atoms with Gasteiger partial charge in [-0.1, -0.05) is 6.92 Å². The molecule has 4 saturated carbocycles. The maximum Gasteiger partial charge on any atom is 0.0128 e. The van der Waals surface area contributed by atoms with Crippen molar-refractivity contribution < 1.29 is 0 Å². The maximum atomic E-state index is 6.44. The predicted molar refractivity (Wildman–Crippen MR) is 68.1 cm³/mol. The molecule has 0 heterocycles. The van der Waals surface area contributed by atoms with Gasteiger partial charge in [0.25, 0.3) is 0 Å². The molecule has 4 rings (SSSR count). The van der Waals surface area contributed by atoms with Gasteiger partial charge >= 0.3 is 0 Å². The van der Waals surface area contributed by atoms with Gasteiger partial charge in [-0.25, -0.2) is 0 Å². The Bertz CT molecular complexity index is 244. The molecule has 0 saturated heterocycles. The monoisotopic (exact) mass is 221 g/mol. The molecule has 16 heavy (non-hydrogen) atoms. The van der Waals surface area contributed by atoms with E-state index >= 15 is 0 Å². The summed E-state index contributed by atoms with van der Waals surface area (Å²) in [6, 6.07) is 0. The van der Waals surface area contributed by atoms with Crippen molar-refractivity contribution in [2.24, 2.45) is 28.9 Å². The topological polar surface area (TPSA) is 26.0 Å².